The van der Waals surface area contributed by atoms with Crippen LogP contribution in [0.4, 0.5) is 0 Å². The molecule has 0 unspecified atom stereocenters. The monoisotopic (exact) mass is 245 g/mol. The van der Waals surface area contributed by atoms with E-state index in [1.54, 1.807) is 0 Å². The van der Waals surface area contributed by atoms with Gasteiger partial charge in [-0.05, 0) is 6.42 Å². The molecule has 0 aliphatic rings. The number of hydrogen-bond donors (Lipinski definition) is 3. The van der Waals surface area contributed by atoms with Crippen LogP contribution in [0.2, 0.25) is 0 Å². The number of carbonyl (C=O) groups is 2. The molecule has 1 atom stereocenters. The summed E-state index contributed by atoms with van der Waals surface area (Å²) in [5.74, 6) is -1.35. The van der Waals surface area contributed by atoms with Gasteiger partial charge in [0.15, 0.2) is 0 Å². The molecule has 0 radical (unpaired) electrons. The molecule has 0 heterocycles. The molecule has 100 valence electrons. The van der Waals surface area contributed by atoms with E-state index in [0.717, 1.165) is 25.7 Å². The van der Waals surface area contributed by atoms with E-state index in [4.69, 9.17) is 10.2 Å². The summed E-state index contributed by atoms with van der Waals surface area (Å²) in [6, 6.07) is -0.969. The van der Waals surface area contributed by atoms with Gasteiger partial charge in [-0.3, -0.25) is 4.79 Å². The van der Waals surface area contributed by atoms with Crippen molar-refractivity contribution in [3.05, 3.63) is 0 Å². The number of unbranched alkanes of at least 4 members (excludes halogenated alkanes) is 4. The molecule has 3 N–H and O–H groups in total. The van der Waals surface area contributed by atoms with Crippen LogP contribution in [0.3, 0.4) is 0 Å². The second-order valence-corrected chi connectivity index (χ2v) is 4.13. The Morgan fingerprint density at radius 2 is 1.82 bits per heavy atom. The smallest absolute Gasteiger partial charge is 0.326 e. The maximum atomic E-state index is 11.4. The molecule has 0 spiro atoms. The van der Waals surface area contributed by atoms with Crippen molar-refractivity contribution in [2.24, 2.45) is 0 Å². The normalized spacial score (nSPS) is 12.1. The van der Waals surface area contributed by atoms with Crippen molar-refractivity contribution in [2.75, 3.05) is 6.61 Å². The predicted octanol–water partition coefficient (Wildman–Crippen LogP) is 1.30. The van der Waals surface area contributed by atoms with Gasteiger partial charge in [-0.1, -0.05) is 32.6 Å². The SMILES string of the molecule is CCCCCCCC(=O)N[C@@H](CCO)C(=O)O. The summed E-state index contributed by atoms with van der Waals surface area (Å²) in [7, 11) is 0. The van der Waals surface area contributed by atoms with Gasteiger partial charge in [-0.25, -0.2) is 4.79 Å². The number of nitrogens with one attached hydrogen (secondary N) is 1. The van der Waals surface area contributed by atoms with Gasteiger partial charge in [0.1, 0.15) is 6.04 Å². The summed E-state index contributed by atoms with van der Waals surface area (Å²) in [5.41, 5.74) is 0. The number of rotatable bonds is 10. The van der Waals surface area contributed by atoms with Crippen molar-refractivity contribution in [1.29, 1.82) is 0 Å². The van der Waals surface area contributed by atoms with Gasteiger partial charge in [0.2, 0.25) is 5.91 Å². The molecule has 0 aromatic heterocycles. The highest BCUT2D eigenvalue weighted by Gasteiger charge is 2.18. The maximum absolute atomic E-state index is 11.4. The molecular weight excluding hydrogens is 222 g/mol. The van der Waals surface area contributed by atoms with Crippen LogP contribution in [-0.2, 0) is 9.59 Å². The van der Waals surface area contributed by atoms with E-state index in [-0.39, 0.29) is 18.9 Å². The number of hydrogen-bond acceptors (Lipinski definition) is 3. The Hall–Kier alpha value is -1.10. The minimum atomic E-state index is -1.10. The van der Waals surface area contributed by atoms with E-state index in [1.807, 2.05) is 0 Å². The van der Waals surface area contributed by atoms with E-state index < -0.39 is 12.0 Å². The van der Waals surface area contributed by atoms with E-state index in [1.165, 1.54) is 6.42 Å². The molecule has 0 saturated carbocycles. The summed E-state index contributed by atoms with van der Waals surface area (Å²) in [5, 5.41) is 19.8. The molecule has 0 rings (SSSR count). The molecule has 17 heavy (non-hydrogen) atoms. The minimum Gasteiger partial charge on any atom is -0.480 e. The predicted molar refractivity (Wildman–Crippen MR) is 64.6 cm³/mol. The lowest BCUT2D eigenvalue weighted by Crippen LogP contribution is -2.41. The van der Waals surface area contributed by atoms with Crippen molar-refractivity contribution >= 4 is 11.9 Å². The Morgan fingerprint density at radius 1 is 1.18 bits per heavy atom. The van der Waals surface area contributed by atoms with Crippen molar-refractivity contribution in [3.63, 3.8) is 0 Å². The second-order valence-electron chi connectivity index (χ2n) is 4.13. The van der Waals surface area contributed by atoms with Gasteiger partial charge in [0, 0.05) is 19.4 Å². The van der Waals surface area contributed by atoms with Crippen LogP contribution < -0.4 is 5.32 Å². The summed E-state index contributed by atoms with van der Waals surface area (Å²) in [6.07, 6.45) is 5.64. The Labute approximate surface area is 102 Å². The van der Waals surface area contributed by atoms with Crippen LogP contribution in [0, 0.1) is 0 Å². The fourth-order valence-corrected chi connectivity index (χ4v) is 1.54. The zero-order chi connectivity index (χ0) is 13.1. The van der Waals surface area contributed by atoms with Crippen molar-refractivity contribution in [1.82, 2.24) is 5.32 Å². The molecule has 1 amide bonds. The summed E-state index contributed by atoms with van der Waals surface area (Å²) in [4.78, 5) is 22.1. The first-order valence-electron chi connectivity index (χ1n) is 6.24. The highest BCUT2D eigenvalue weighted by molar-refractivity contribution is 5.83. The highest BCUT2D eigenvalue weighted by atomic mass is 16.4. The second kappa shape index (κ2) is 10.1. The fraction of sp³-hybridized carbons (Fsp3) is 0.833. The standard InChI is InChI=1S/C12H23NO4/c1-2-3-4-5-6-7-11(15)13-10(8-9-14)12(16)17/h10,14H,2-9H2,1H3,(H,13,15)(H,16,17)/t10-/m0/s1. The van der Waals surface area contributed by atoms with Crippen LogP contribution in [0.25, 0.3) is 0 Å². The average molecular weight is 245 g/mol. The third-order valence-electron chi connectivity index (χ3n) is 2.56. The number of amides is 1. The lowest BCUT2D eigenvalue weighted by molar-refractivity contribution is -0.142. The molecule has 0 bridgehead atoms. The quantitative estimate of drug-likeness (QED) is 0.506. The molecule has 5 nitrogen and oxygen atoms in total. The van der Waals surface area contributed by atoms with Crippen molar-refractivity contribution < 1.29 is 19.8 Å². The Bertz CT molecular complexity index is 231. The zero-order valence-corrected chi connectivity index (χ0v) is 10.4. The van der Waals surface area contributed by atoms with Crippen molar-refractivity contribution in [2.45, 2.75) is 57.9 Å². The first-order chi connectivity index (χ1) is 8.11. The largest absolute Gasteiger partial charge is 0.480 e. The van der Waals surface area contributed by atoms with Gasteiger partial charge >= 0.3 is 5.97 Å². The lowest BCUT2D eigenvalue weighted by Gasteiger charge is -2.12. The number of carbonyl (C=O) groups excluding carboxylic acids is 1. The number of carboxylic acids is 1. The average Bonchev–Trinajstić information content (AvgIpc) is 2.28. The highest BCUT2D eigenvalue weighted by Crippen LogP contribution is 2.05. The van der Waals surface area contributed by atoms with Crippen LogP contribution in [0.1, 0.15) is 51.9 Å². The topological polar surface area (TPSA) is 86.6 Å². The minimum absolute atomic E-state index is 0.0525. The van der Waals surface area contributed by atoms with Crippen LogP contribution in [0.5, 0.6) is 0 Å². The number of carboxylic acid groups (broad SMARTS) is 1. The van der Waals surface area contributed by atoms with Crippen LogP contribution >= 0.6 is 0 Å². The van der Waals surface area contributed by atoms with E-state index in [9.17, 15) is 9.59 Å². The Kier molecular flexibility index (Phi) is 9.43. The Balaban J connectivity index is 3.71. The Morgan fingerprint density at radius 3 is 2.35 bits per heavy atom. The van der Waals surface area contributed by atoms with E-state index in [2.05, 4.69) is 12.2 Å². The van der Waals surface area contributed by atoms with Crippen LogP contribution in [0.15, 0.2) is 0 Å². The van der Waals surface area contributed by atoms with Gasteiger partial charge < -0.3 is 15.5 Å². The molecule has 0 saturated heterocycles. The van der Waals surface area contributed by atoms with E-state index >= 15 is 0 Å². The third-order valence-corrected chi connectivity index (χ3v) is 2.56. The first-order valence-corrected chi connectivity index (χ1v) is 6.24. The van der Waals surface area contributed by atoms with Gasteiger partial charge in [0.05, 0.1) is 0 Å². The molecular formula is C12H23NO4. The van der Waals surface area contributed by atoms with Gasteiger partial charge in [-0.15, -0.1) is 0 Å². The number of aliphatic carboxylic acids is 1. The van der Waals surface area contributed by atoms with E-state index in [0.29, 0.717) is 6.42 Å². The molecule has 0 aromatic carbocycles. The molecule has 0 aromatic rings. The first kappa shape index (κ1) is 15.9. The van der Waals surface area contributed by atoms with Gasteiger partial charge in [-0.2, -0.15) is 0 Å². The number of aliphatic hydroxyl groups excluding tert-OH is 1. The third kappa shape index (κ3) is 8.68. The summed E-state index contributed by atoms with van der Waals surface area (Å²) < 4.78 is 0. The lowest BCUT2D eigenvalue weighted by atomic mass is 10.1. The molecule has 0 aliphatic carbocycles. The maximum Gasteiger partial charge on any atom is 0.326 e. The number of aliphatic hydroxyl groups is 1. The molecule has 0 aliphatic heterocycles. The molecule has 0 fully saturated rings. The summed E-state index contributed by atoms with van der Waals surface area (Å²) >= 11 is 0. The summed E-state index contributed by atoms with van der Waals surface area (Å²) in [6.45, 7) is 1.88. The zero-order valence-electron chi connectivity index (χ0n) is 10.4. The van der Waals surface area contributed by atoms with Crippen LogP contribution in [-0.4, -0.2) is 34.7 Å². The van der Waals surface area contributed by atoms with Gasteiger partial charge in [0.25, 0.3) is 0 Å². The fourth-order valence-electron chi connectivity index (χ4n) is 1.54. The van der Waals surface area contributed by atoms with Crippen molar-refractivity contribution in [3.8, 4) is 0 Å². The molecule has 5 heteroatoms.